The summed E-state index contributed by atoms with van der Waals surface area (Å²) >= 11 is 7.43. The van der Waals surface area contributed by atoms with Gasteiger partial charge in [0.05, 0.1) is 10.8 Å². The molecule has 1 N–H and O–H groups in total. The first-order valence-corrected chi connectivity index (χ1v) is 9.90. The molecule has 4 rings (SSSR count). The number of rotatable bonds is 4. The second-order valence-corrected chi connectivity index (χ2v) is 7.66. The molecule has 0 saturated heterocycles. The van der Waals surface area contributed by atoms with Crippen LogP contribution in [0.3, 0.4) is 0 Å². The zero-order chi connectivity index (χ0) is 19.7. The van der Waals surface area contributed by atoms with E-state index in [2.05, 4.69) is 5.32 Å². The summed E-state index contributed by atoms with van der Waals surface area (Å²) in [6.07, 6.45) is 0. The first-order chi connectivity index (χ1) is 13.5. The highest BCUT2D eigenvalue weighted by molar-refractivity contribution is 8.00. The first-order valence-electron chi connectivity index (χ1n) is 8.54. The topological polar surface area (TPSA) is 63.2 Å². The highest BCUT2D eigenvalue weighted by Crippen LogP contribution is 2.30. The Kier molecular flexibility index (Phi) is 5.03. The molecule has 0 fully saturated rings. The van der Waals surface area contributed by atoms with Crippen molar-refractivity contribution in [2.24, 2.45) is 0 Å². The fourth-order valence-electron chi connectivity index (χ4n) is 3.08. The van der Waals surface area contributed by atoms with Crippen LogP contribution in [0.4, 0.5) is 5.69 Å². The SMILES string of the molecule is O=C(CSc1ccccc1Cl)Nc1ccc2c(c1)C(=O)c1ccccc1C2=O. The summed E-state index contributed by atoms with van der Waals surface area (Å²) in [7, 11) is 0. The van der Waals surface area contributed by atoms with Crippen LogP contribution in [0.2, 0.25) is 5.02 Å². The normalized spacial score (nSPS) is 12.3. The van der Waals surface area contributed by atoms with E-state index >= 15 is 0 Å². The van der Waals surface area contributed by atoms with Gasteiger partial charge in [0, 0.05) is 32.8 Å². The third kappa shape index (κ3) is 3.46. The van der Waals surface area contributed by atoms with Gasteiger partial charge < -0.3 is 5.32 Å². The summed E-state index contributed by atoms with van der Waals surface area (Å²) in [5, 5.41) is 3.37. The van der Waals surface area contributed by atoms with Crippen LogP contribution < -0.4 is 5.32 Å². The number of fused-ring (bicyclic) bond motifs is 2. The molecule has 28 heavy (non-hydrogen) atoms. The van der Waals surface area contributed by atoms with Crippen molar-refractivity contribution in [2.75, 3.05) is 11.1 Å². The van der Waals surface area contributed by atoms with Gasteiger partial charge in [-0.15, -0.1) is 11.8 Å². The zero-order valence-corrected chi connectivity index (χ0v) is 16.1. The van der Waals surface area contributed by atoms with Crippen LogP contribution in [0.5, 0.6) is 0 Å². The first kappa shape index (κ1) is 18.5. The third-order valence-corrected chi connectivity index (χ3v) is 5.92. The molecule has 1 aliphatic rings. The summed E-state index contributed by atoms with van der Waals surface area (Å²) in [5.41, 5.74) is 1.93. The Hall–Kier alpha value is -2.89. The van der Waals surface area contributed by atoms with Gasteiger partial charge >= 0.3 is 0 Å². The van der Waals surface area contributed by atoms with Crippen molar-refractivity contribution < 1.29 is 14.4 Å². The Bertz CT molecular complexity index is 1130. The Balaban J connectivity index is 1.51. The van der Waals surface area contributed by atoms with Gasteiger partial charge in [0.2, 0.25) is 5.91 Å². The molecule has 0 aromatic heterocycles. The van der Waals surface area contributed by atoms with Crippen LogP contribution in [0.15, 0.2) is 71.6 Å². The van der Waals surface area contributed by atoms with Crippen molar-refractivity contribution in [3.8, 4) is 0 Å². The minimum Gasteiger partial charge on any atom is -0.325 e. The molecule has 0 atom stereocenters. The predicted molar refractivity (Wildman–Crippen MR) is 111 cm³/mol. The number of thioether (sulfide) groups is 1. The zero-order valence-electron chi connectivity index (χ0n) is 14.6. The molecule has 0 bridgehead atoms. The molecule has 3 aromatic carbocycles. The van der Waals surface area contributed by atoms with Crippen LogP contribution in [0.1, 0.15) is 31.8 Å². The Labute approximate surface area is 170 Å². The fraction of sp³-hybridized carbons (Fsp3) is 0.0455. The molecule has 6 heteroatoms. The van der Waals surface area contributed by atoms with E-state index in [0.717, 1.165) is 4.90 Å². The van der Waals surface area contributed by atoms with Crippen molar-refractivity contribution >= 4 is 46.5 Å². The number of ketones is 2. The van der Waals surface area contributed by atoms with Crippen LogP contribution >= 0.6 is 23.4 Å². The molecule has 0 spiro atoms. The van der Waals surface area contributed by atoms with Crippen LogP contribution in [0.25, 0.3) is 0 Å². The highest BCUT2D eigenvalue weighted by atomic mass is 35.5. The summed E-state index contributed by atoms with van der Waals surface area (Å²) in [5.74, 6) is -0.444. The number of halogens is 1. The summed E-state index contributed by atoms with van der Waals surface area (Å²) in [6.45, 7) is 0. The summed E-state index contributed by atoms with van der Waals surface area (Å²) in [4.78, 5) is 38.5. The number of carbonyl (C=O) groups excluding carboxylic acids is 3. The third-order valence-electron chi connectivity index (χ3n) is 4.40. The van der Waals surface area contributed by atoms with E-state index in [4.69, 9.17) is 11.6 Å². The van der Waals surface area contributed by atoms with Crippen LogP contribution in [-0.2, 0) is 4.79 Å². The largest absolute Gasteiger partial charge is 0.325 e. The van der Waals surface area contributed by atoms with Gasteiger partial charge in [-0.05, 0) is 30.3 Å². The van der Waals surface area contributed by atoms with Gasteiger partial charge in [-0.2, -0.15) is 0 Å². The summed E-state index contributed by atoms with van der Waals surface area (Å²) in [6, 6.07) is 18.8. The number of amides is 1. The highest BCUT2D eigenvalue weighted by Gasteiger charge is 2.29. The van der Waals surface area contributed by atoms with E-state index in [1.165, 1.54) is 11.8 Å². The number of carbonyl (C=O) groups is 3. The maximum Gasteiger partial charge on any atom is 0.234 e. The molecule has 0 radical (unpaired) electrons. The van der Waals surface area contributed by atoms with Crippen molar-refractivity contribution in [2.45, 2.75) is 4.90 Å². The lowest BCUT2D eigenvalue weighted by Gasteiger charge is -2.18. The molecule has 1 amide bonds. The molecule has 4 nitrogen and oxygen atoms in total. The number of anilines is 1. The van der Waals surface area contributed by atoms with E-state index in [-0.39, 0.29) is 23.2 Å². The van der Waals surface area contributed by atoms with Crippen molar-refractivity contribution in [3.63, 3.8) is 0 Å². The van der Waals surface area contributed by atoms with Gasteiger partial charge in [-0.1, -0.05) is 48.0 Å². The van der Waals surface area contributed by atoms with Crippen molar-refractivity contribution in [1.29, 1.82) is 0 Å². The Morgan fingerprint density at radius 2 is 1.43 bits per heavy atom. The Morgan fingerprint density at radius 3 is 2.14 bits per heavy atom. The van der Waals surface area contributed by atoms with Crippen molar-refractivity contribution in [1.82, 2.24) is 0 Å². The predicted octanol–water partition coefficient (Wildman–Crippen LogP) is 4.85. The molecular weight excluding hydrogens is 394 g/mol. The maximum absolute atomic E-state index is 12.8. The lowest BCUT2D eigenvalue weighted by Crippen LogP contribution is -2.21. The Morgan fingerprint density at radius 1 is 0.821 bits per heavy atom. The van der Waals surface area contributed by atoms with E-state index in [1.54, 1.807) is 48.5 Å². The van der Waals surface area contributed by atoms with E-state index in [1.807, 2.05) is 18.2 Å². The lowest BCUT2D eigenvalue weighted by molar-refractivity contribution is -0.113. The molecule has 0 saturated carbocycles. The van der Waals surface area contributed by atoms with Gasteiger partial charge in [0.15, 0.2) is 11.6 Å². The molecule has 0 unspecified atom stereocenters. The molecule has 3 aromatic rings. The molecule has 0 heterocycles. The number of benzene rings is 3. The minimum absolute atomic E-state index is 0.177. The van der Waals surface area contributed by atoms with Gasteiger partial charge in [-0.25, -0.2) is 0 Å². The number of hydrogen-bond acceptors (Lipinski definition) is 4. The van der Waals surface area contributed by atoms with E-state index in [0.29, 0.717) is 33.0 Å². The lowest BCUT2D eigenvalue weighted by atomic mass is 9.84. The monoisotopic (exact) mass is 407 g/mol. The summed E-state index contributed by atoms with van der Waals surface area (Å²) < 4.78 is 0. The number of nitrogens with one attached hydrogen (secondary N) is 1. The second-order valence-electron chi connectivity index (χ2n) is 6.23. The molecule has 138 valence electrons. The van der Waals surface area contributed by atoms with Gasteiger partial charge in [0.1, 0.15) is 0 Å². The number of hydrogen-bond donors (Lipinski definition) is 1. The van der Waals surface area contributed by atoms with Gasteiger partial charge in [-0.3, -0.25) is 14.4 Å². The fourth-order valence-corrected chi connectivity index (χ4v) is 4.12. The maximum atomic E-state index is 12.8. The van der Waals surface area contributed by atoms with E-state index < -0.39 is 0 Å². The molecular formula is C22H14ClNO3S. The van der Waals surface area contributed by atoms with Crippen LogP contribution in [-0.4, -0.2) is 23.2 Å². The second kappa shape index (κ2) is 7.62. The quantitative estimate of drug-likeness (QED) is 0.491. The smallest absolute Gasteiger partial charge is 0.234 e. The average molecular weight is 408 g/mol. The molecule has 0 aliphatic heterocycles. The molecule has 1 aliphatic carbocycles. The standard InChI is InChI=1S/C22H14ClNO3S/c23-18-7-3-4-8-19(18)28-12-20(25)24-13-9-10-16-17(11-13)22(27)15-6-2-1-5-14(15)21(16)26/h1-11H,12H2,(H,24,25). The average Bonchev–Trinajstić information content (AvgIpc) is 2.71. The van der Waals surface area contributed by atoms with Crippen LogP contribution in [0, 0.1) is 0 Å². The minimum atomic E-state index is -0.222. The van der Waals surface area contributed by atoms with Crippen molar-refractivity contribution in [3.05, 3.63) is 94.0 Å². The van der Waals surface area contributed by atoms with E-state index in [9.17, 15) is 14.4 Å². The van der Waals surface area contributed by atoms with Gasteiger partial charge in [0.25, 0.3) is 0 Å².